The van der Waals surface area contributed by atoms with Crippen LogP contribution in [0.3, 0.4) is 0 Å². The molecule has 1 aliphatic rings. The lowest BCUT2D eigenvalue weighted by atomic mass is 9.86. The van der Waals surface area contributed by atoms with Crippen LogP contribution in [0.4, 0.5) is 5.69 Å². The lowest BCUT2D eigenvalue weighted by molar-refractivity contribution is 0.324. The predicted octanol–water partition coefficient (Wildman–Crippen LogP) is 2.91. The van der Waals surface area contributed by atoms with Crippen LogP contribution in [0.15, 0.2) is 27.4 Å². The average molecular weight is 396 g/mol. The molecule has 2 N–H and O–H groups in total. The number of fused-ring (bicyclic) bond motifs is 1. The van der Waals surface area contributed by atoms with Crippen molar-refractivity contribution in [2.45, 2.75) is 58.5 Å². The Balaban J connectivity index is 1.54. The molecule has 0 spiro atoms. The topological polar surface area (TPSA) is 93.3 Å². The molecule has 8 heteroatoms. The van der Waals surface area contributed by atoms with Crippen LogP contribution in [0.2, 0.25) is 0 Å². The van der Waals surface area contributed by atoms with E-state index in [0.29, 0.717) is 18.0 Å². The zero-order valence-corrected chi connectivity index (χ0v) is 16.8. The Kier molecular flexibility index (Phi) is 6.26. The van der Waals surface area contributed by atoms with Gasteiger partial charge in [-0.2, -0.15) is 0 Å². The van der Waals surface area contributed by atoms with Gasteiger partial charge in [0.25, 0.3) is 0 Å². The number of hydrogen-bond donors (Lipinski definition) is 2. The Bertz CT molecular complexity index is 924. The van der Waals surface area contributed by atoms with Crippen molar-refractivity contribution in [3.8, 4) is 0 Å². The fourth-order valence-corrected chi connectivity index (χ4v) is 4.61. The van der Waals surface area contributed by atoms with Crippen LogP contribution < -0.4 is 15.8 Å². The minimum Gasteiger partial charge on any atom is -0.408 e. The molecule has 150 valence electrons. The van der Waals surface area contributed by atoms with Gasteiger partial charge in [0.05, 0.1) is 11.3 Å². The quantitative estimate of drug-likeness (QED) is 0.717. The Morgan fingerprint density at radius 1 is 1.19 bits per heavy atom. The van der Waals surface area contributed by atoms with Gasteiger partial charge >= 0.3 is 5.76 Å². The van der Waals surface area contributed by atoms with Crippen LogP contribution in [0.5, 0.6) is 0 Å². The zero-order valence-electron chi connectivity index (χ0n) is 16.0. The summed E-state index contributed by atoms with van der Waals surface area (Å²) < 4.78 is 33.2. The van der Waals surface area contributed by atoms with E-state index >= 15 is 0 Å². The van der Waals surface area contributed by atoms with Crippen molar-refractivity contribution in [1.82, 2.24) is 9.29 Å². The van der Waals surface area contributed by atoms with Gasteiger partial charge in [0.2, 0.25) is 10.0 Å². The van der Waals surface area contributed by atoms with Gasteiger partial charge in [-0.05, 0) is 57.1 Å². The average Bonchev–Trinajstić information content (AvgIpc) is 2.96. The highest BCUT2D eigenvalue weighted by Gasteiger charge is 2.24. The highest BCUT2D eigenvalue weighted by molar-refractivity contribution is 7.89. The van der Waals surface area contributed by atoms with Crippen molar-refractivity contribution in [2.24, 2.45) is 5.92 Å². The number of oxazole rings is 1. The summed E-state index contributed by atoms with van der Waals surface area (Å²) in [7, 11) is -3.12. The second-order valence-electron chi connectivity index (χ2n) is 7.32. The summed E-state index contributed by atoms with van der Waals surface area (Å²) in [5, 5.41) is 3.43. The summed E-state index contributed by atoms with van der Waals surface area (Å²) in [5.41, 5.74) is 2.38. The maximum Gasteiger partial charge on any atom is 0.419 e. The number of anilines is 1. The van der Waals surface area contributed by atoms with E-state index in [9.17, 15) is 13.2 Å². The Labute approximate surface area is 160 Å². The molecule has 0 amide bonds. The molecule has 0 atom stereocenters. The van der Waals surface area contributed by atoms with Crippen LogP contribution in [0.1, 0.15) is 46.0 Å². The van der Waals surface area contributed by atoms with Crippen molar-refractivity contribution in [3.05, 3.63) is 28.7 Å². The number of hydrogen-bond acceptors (Lipinski definition) is 5. The van der Waals surface area contributed by atoms with Crippen LogP contribution in [-0.2, 0) is 16.6 Å². The highest BCUT2D eigenvalue weighted by atomic mass is 32.2. The van der Waals surface area contributed by atoms with Gasteiger partial charge in [-0.3, -0.25) is 4.57 Å². The molecule has 0 bridgehead atoms. The number of sulfonamides is 1. The molecule has 0 aliphatic heterocycles. The zero-order chi connectivity index (χ0) is 19.4. The molecule has 7 nitrogen and oxygen atoms in total. The summed E-state index contributed by atoms with van der Waals surface area (Å²) in [5.74, 6) is 0.337. The van der Waals surface area contributed by atoms with Gasteiger partial charge in [0.15, 0.2) is 5.58 Å². The van der Waals surface area contributed by atoms with E-state index in [-0.39, 0.29) is 17.6 Å². The molecule has 1 saturated carbocycles. The Morgan fingerprint density at radius 2 is 1.93 bits per heavy atom. The first-order chi connectivity index (χ1) is 12.9. The van der Waals surface area contributed by atoms with Gasteiger partial charge in [-0.25, -0.2) is 17.9 Å². The smallest absolute Gasteiger partial charge is 0.408 e. The van der Waals surface area contributed by atoms with Crippen LogP contribution >= 0.6 is 0 Å². The van der Waals surface area contributed by atoms with Gasteiger partial charge in [0, 0.05) is 30.9 Å². The van der Waals surface area contributed by atoms with Crippen molar-refractivity contribution in [2.75, 3.05) is 17.6 Å². The third-order valence-electron chi connectivity index (χ3n) is 5.28. The van der Waals surface area contributed by atoms with Crippen molar-refractivity contribution < 1.29 is 12.8 Å². The predicted molar refractivity (Wildman–Crippen MR) is 108 cm³/mol. The summed E-state index contributed by atoms with van der Waals surface area (Å²) in [6.07, 6.45) is 4.62. The largest absolute Gasteiger partial charge is 0.419 e. The van der Waals surface area contributed by atoms with E-state index in [0.717, 1.165) is 49.9 Å². The molecule has 3 rings (SSSR count). The first-order valence-electron chi connectivity index (χ1n) is 9.79. The van der Waals surface area contributed by atoms with Gasteiger partial charge in [-0.1, -0.05) is 6.92 Å². The minimum absolute atomic E-state index is 0.0650. The van der Waals surface area contributed by atoms with E-state index in [1.54, 1.807) is 11.5 Å². The number of nitrogens with zero attached hydrogens (tertiary/aromatic N) is 1. The monoisotopic (exact) mass is 395 g/mol. The first-order valence-corrected chi connectivity index (χ1v) is 11.4. The summed E-state index contributed by atoms with van der Waals surface area (Å²) in [6, 6.07) is 5.85. The SMILES string of the molecule is CCCn1c(=O)oc2cc(NCC3CCC(NS(=O)(=O)CC)CC3)ccc21. The second kappa shape index (κ2) is 8.48. The van der Waals surface area contributed by atoms with Gasteiger partial charge in [-0.15, -0.1) is 0 Å². The van der Waals surface area contributed by atoms with Crippen molar-refractivity contribution in [3.63, 3.8) is 0 Å². The number of aromatic nitrogens is 1. The summed E-state index contributed by atoms with van der Waals surface area (Å²) in [4.78, 5) is 11.9. The van der Waals surface area contributed by atoms with Gasteiger partial charge < -0.3 is 9.73 Å². The maximum atomic E-state index is 11.9. The number of benzene rings is 1. The lowest BCUT2D eigenvalue weighted by Gasteiger charge is -2.29. The van der Waals surface area contributed by atoms with Crippen LogP contribution in [-0.4, -0.2) is 31.3 Å². The number of nitrogens with one attached hydrogen (secondary N) is 2. The molecule has 1 fully saturated rings. The molecule has 1 aromatic carbocycles. The standard InChI is InChI=1S/C19H29N3O4S/c1-3-11-22-17-10-9-16(12-18(17)26-19(22)23)20-13-14-5-7-15(8-6-14)21-27(24,25)4-2/h9-10,12,14-15,20-21H,3-8,11,13H2,1-2H3. The third-order valence-corrected chi connectivity index (χ3v) is 6.74. The Hall–Kier alpha value is -1.80. The summed E-state index contributed by atoms with van der Waals surface area (Å²) in [6.45, 7) is 5.18. The van der Waals surface area contributed by atoms with E-state index in [1.165, 1.54) is 0 Å². The minimum atomic E-state index is -3.12. The van der Waals surface area contributed by atoms with E-state index in [2.05, 4.69) is 10.0 Å². The van der Waals surface area contributed by atoms with Crippen molar-refractivity contribution >= 4 is 26.8 Å². The normalized spacial score (nSPS) is 20.8. The molecule has 1 aliphatic carbocycles. The van der Waals surface area contributed by atoms with E-state index in [1.807, 2.05) is 25.1 Å². The molecule has 0 radical (unpaired) electrons. The summed E-state index contributed by atoms with van der Waals surface area (Å²) >= 11 is 0. The van der Waals surface area contributed by atoms with E-state index in [4.69, 9.17) is 4.42 Å². The highest BCUT2D eigenvalue weighted by Crippen LogP contribution is 2.26. The van der Waals surface area contributed by atoms with Crippen LogP contribution in [0.25, 0.3) is 11.1 Å². The first kappa shape index (κ1) is 19.9. The molecular weight excluding hydrogens is 366 g/mol. The fourth-order valence-electron chi connectivity index (χ4n) is 3.70. The van der Waals surface area contributed by atoms with E-state index < -0.39 is 10.0 Å². The molecule has 1 heterocycles. The lowest BCUT2D eigenvalue weighted by Crippen LogP contribution is -2.39. The third kappa shape index (κ3) is 4.93. The molecule has 0 unspecified atom stereocenters. The molecule has 27 heavy (non-hydrogen) atoms. The van der Waals surface area contributed by atoms with Crippen molar-refractivity contribution in [1.29, 1.82) is 0 Å². The number of aryl methyl sites for hydroxylation is 1. The molecule has 2 aromatic rings. The molecule has 0 saturated heterocycles. The fraction of sp³-hybridized carbons (Fsp3) is 0.632. The number of rotatable bonds is 8. The molecular formula is C19H29N3O4S. The van der Waals surface area contributed by atoms with Gasteiger partial charge in [0.1, 0.15) is 0 Å². The Morgan fingerprint density at radius 3 is 2.59 bits per heavy atom. The molecule has 1 aromatic heterocycles. The maximum absolute atomic E-state index is 11.9. The second-order valence-corrected chi connectivity index (χ2v) is 9.36. The van der Waals surface area contributed by atoms with Crippen LogP contribution in [0, 0.1) is 5.92 Å².